The Morgan fingerprint density at radius 2 is 2.05 bits per heavy atom. The average Bonchev–Trinajstić information content (AvgIpc) is 2.74. The van der Waals surface area contributed by atoms with E-state index >= 15 is 0 Å². The molecule has 4 heteroatoms. The molecule has 0 bridgehead atoms. The van der Waals surface area contributed by atoms with Gasteiger partial charge in [-0.3, -0.25) is 4.98 Å². The van der Waals surface area contributed by atoms with Gasteiger partial charge in [0.2, 0.25) is 0 Å². The van der Waals surface area contributed by atoms with Crippen LogP contribution < -0.4 is 10.1 Å². The van der Waals surface area contributed by atoms with Crippen molar-refractivity contribution >= 4 is 11.6 Å². The Balaban J connectivity index is 1.75. The van der Waals surface area contributed by atoms with Crippen molar-refractivity contribution in [1.29, 1.82) is 0 Å². The molecule has 2 fully saturated rings. The summed E-state index contributed by atoms with van der Waals surface area (Å²) in [5, 5.41) is 4.32. The highest BCUT2D eigenvalue weighted by atomic mass is 35.5. The molecule has 0 saturated heterocycles. The first-order valence-corrected chi connectivity index (χ1v) is 8.63. The molecule has 1 N–H and O–H groups in total. The lowest BCUT2D eigenvalue weighted by Gasteiger charge is -2.55. The predicted octanol–water partition coefficient (Wildman–Crippen LogP) is 4.20. The molecule has 1 spiro atoms. The molecule has 0 amide bonds. The maximum Gasteiger partial charge on any atom is 0.139 e. The molecule has 2 saturated carbocycles. The second-order valence-electron chi connectivity index (χ2n) is 6.44. The molecule has 3 nitrogen and oxygen atoms in total. The zero-order valence-electron chi connectivity index (χ0n) is 12.8. The summed E-state index contributed by atoms with van der Waals surface area (Å²) >= 11 is 6.02. The molecule has 2 unspecified atom stereocenters. The molecule has 0 aromatic carbocycles. The summed E-state index contributed by atoms with van der Waals surface area (Å²) < 4.78 is 6.27. The zero-order chi connectivity index (χ0) is 14.7. The van der Waals surface area contributed by atoms with Crippen LogP contribution in [-0.4, -0.2) is 23.7 Å². The van der Waals surface area contributed by atoms with Gasteiger partial charge < -0.3 is 10.1 Å². The highest BCUT2D eigenvalue weighted by Crippen LogP contribution is 2.52. The summed E-state index contributed by atoms with van der Waals surface area (Å²) in [7, 11) is 0. The van der Waals surface area contributed by atoms with Crippen LogP contribution in [0.4, 0.5) is 0 Å². The monoisotopic (exact) mass is 308 g/mol. The van der Waals surface area contributed by atoms with E-state index in [-0.39, 0.29) is 0 Å². The first-order chi connectivity index (χ1) is 10.2. The Kier molecular flexibility index (Phi) is 4.70. The molecule has 2 aliphatic carbocycles. The second-order valence-corrected chi connectivity index (χ2v) is 6.88. The first-order valence-electron chi connectivity index (χ1n) is 8.25. The number of pyridine rings is 1. The van der Waals surface area contributed by atoms with Gasteiger partial charge in [0, 0.05) is 30.1 Å². The summed E-state index contributed by atoms with van der Waals surface area (Å²) in [6.07, 6.45) is 12.8. The van der Waals surface area contributed by atoms with Crippen LogP contribution in [0.3, 0.4) is 0 Å². The van der Waals surface area contributed by atoms with Crippen molar-refractivity contribution in [1.82, 2.24) is 10.3 Å². The number of nitrogens with zero attached hydrogens (tertiary/aromatic N) is 1. The SMILES string of the molecule is CCNC1CC(Oc2cncc(Cl)c2)C12CCCCCC2. The molecule has 1 aromatic rings. The van der Waals surface area contributed by atoms with Gasteiger partial charge in [-0.15, -0.1) is 0 Å². The van der Waals surface area contributed by atoms with Gasteiger partial charge in [0.25, 0.3) is 0 Å². The molecule has 2 aliphatic rings. The van der Waals surface area contributed by atoms with Gasteiger partial charge >= 0.3 is 0 Å². The van der Waals surface area contributed by atoms with E-state index in [0.717, 1.165) is 18.7 Å². The van der Waals surface area contributed by atoms with Gasteiger partial charge in [-0.25, -0.2) is 0 Å². The minimum atomic E-state index is 0.305. The molecule has 21 heavy (non-hydrogen) atoms. The molecule has 2 atom stereocenters. The maximum absolute atomic E-state index is 6.27. The van der Waals surface area contributed by atoms with Crippen LogP contribution in [0.2, 0.25) is 5.02 Å². The molecule has 0 radical (unpaired) electrons. The van der Waals surface area contributed by atoms with Crippen LogP contribution in [0, 0.1) is 5.41 Å². The Morgan fingerprint density at radius 3 is 2.71 bits per heavy atom. The molecule has 116 valence electrons. The smallest absolute Gasteiger partial charge is 0.139 e. The fourth-order valence-electron chi connectivity index (χ4n) is 4.12. The van der Waals surface area contributed by atoms with Gasteiger partial charge in [-0.05, 0) is 19.4 Å². The summed E-state index contributed by atoms with van der Waals surface area (Å²) in [4.78, 5) is 4.13. The van der Waals surface area contributed by atoms with E-state index < -0.39 is 0 Å². The van der Waals surface area contributed by atoms with Gasteiger partial charge in [-0.1, -0.05) is 44.2 Å². The van der Waals surface area contributed by atoms with Gasteiger partial charge in [0.1, 0.15) is 11.9 Å². The highest BCUT2D eigenvalue weighted by Gasteiger charge is 2.55. The third kappa shape index (κ3) is 3.04. The van der Waals surface area contributed by atoms with Crippen molar-refractivity contribution in [2.75, 3.05) is 6.54 Å². The molecule has 1 aromatic heterocycles. The number of halogens is 1. The standard InChI is InChI=1S/C17H25ClN2O/c1-2-20-15-10-16(17(15)7-5-3-4-6-8-17)21-14-9-13(18)11-19-12-14/h9,11-12,15-16,20H,2-8,10H2,1H3. The minimum Gasteiger partial charge on any atom is -0.488 e. The fraction of sp³-hybridized carbons (Fsp3) is 0.706. The number of hydrogen-bond acceptors (Lipinski definition) is 3. The van der Waals surface area contributed by atoms with Crippen molar-refractivity contribution in [3.8, 4) is 5.75 Å². The van der Waals surface area contributed by atoms with Crippen LogP contribution in [0.25, 0.3) is 0 Å². The van der Waals surface area contributed by atoms with Gasteiger partial charge in [0.05, 0.1) is 11.2 Å². The Bertz CT molecular complexity index is 472. The first kappa shape index (κ1) is 15.1. The Hall–Kier alpha value is -0.800. The van der Waals surface area contributed by atoms with E-state index in [4.69, 9.17) is 16.3 Å². The van der Waals surface area contributed by atoms with E-state index in [9.17, 15) is 0 Å². The van der Waals surface area contributed by atoms with E-state index in [2.05, 4.69) is 17.2 Å². The van der Waals surface area contributed by atoms with Crippen LogP contribution in [0.5, 0.6) is 5.75 Å². The third-order valence-corrected chi connectivity index (χ3v) is 5.43. The van der Waals surface area contributed by atoms with Crippen LogP contribution in [-0.2, 0) is 0 Å². The fourth-order valence-corrected chi connectivity index (χ4v) is 4.29. The quantitative estimate of drug-likeness (QED) is 0.905. The Labute approximate surface area is 132 Å². The molecule has 1 heterocycles. The van der Waals surface area contributed by atoms with Crippen molar-refractivity contribution in [3.05, 3.63) is 23.5 Å². The highest BCUT2D eigenvalue weighted by molar-refractivity contribution is 6.30. The normalized spacial score (nSPS) is 27.9. The molecular formula is C17H25ClN2O. The summed E-state index contributed by atoms with van der Waals surface area (Å²) in [6, 6.07) is 2.48. The largest absolute Gasteiger partial charge is 0.488 e. The van der Waals surface area contributed by atoms with E-state index in [1.54, 1.807) is 12.4 Å². The second kappa shape index (κ2) is 6.53. The number of rotatable bonds is 4. The average molecular weight is 309 g/mol. The lowest BCUT2D eigenvalue weighted by atomic mass is 9.57. The van der Waals surface area contributed by atoms with Crippen molar-refractivity contribution in [3.63, 3.8) is 0 Å². The number of hydrogen-bond donors (Lipinski definition) is 1. The van der Waals surface area contributed by atoms with Crippen LogP contribution in [0.1, 0.15) is 51.9 Å². The zero-order valence-corrected chi connectivity index (χ0v) is 13.5. The van der Waals surface area contributed by atoms with Gasteiger partial charge in [0.15, 0.2) is 0 Å². The lowest BCUT2D eigenvalue weighted by molar-refractivity contribution is -0.0901. The topological polar surface area (TPSA) is 34.1 Å². The van der Waals surface area contributed by atoms with E-state index in [1.165, 1.54) is 38.5 Å². The predicted molar refractivity (Wildman–Crippen MR) is 85.9 cm³/mol. The number of nitrogens with one attached hydrogen (secondary N) is 1. The van der Waals surface area contributed by atoms with Crippen LogP contribution in [0.15, 0.2) is 18.5 Å². The third-order valence-electron chi connectivity index (χ3n) is 5.23. The maximum atomic E-state index is 6.27. The van der Waals surface area contributed by atoms with E-state index in [1.807, 2.05) is 6.07 Å². The number of ether oxygens (including phenoxy) is 1. The lowest BCUT2D eigenvalue weighted by Crippen LogP contribution is -2.64. The van der Waals surface area contributed by atoms with Crippen LogP contribution >= 0.6 is 11.6 Å². The number of aromatic nitrogens is 1. The van der Waals surface area contributed by atoms with Crippen molar-refractivity contribution in [2.45, 2.75) is 64.0 Å². The van der Waals surface area contributed by atoms with E-state index in [0.29, 0.717) is 22.6 Å². The minimum absolute atomic E-state index is 0.305. The summed E-state index contributed by atoms with van der Waals surface area (Å²) in [5.41, 5.74) is 0.314. The molecular weight excluding hydrogens is 284 g/mol. The summed E-state index contributed by atoms with van der Waals surface area (Å²) in [6.45, 7) is 3.23. The van der Waals surface area contributed by atoms with Gasteiger partial charge in [-0.2, -0.15) is 0 Å². The Morgan fingerprint density at radius 1 is 1.29 bits per heavy atom. The van der Waals surface area contributed by atoms with Crippen molar-refractivity contribution < 1.29 is 4.74 Å². The van der Waals surface area contributed by atoms with Crippen molar-refractivity contribution in [2.24, 2.45) is 5.41 Å². The molecule has 3 rings (SSSR count). The molecule has 0 aliphatic heterocycles. The summed E-state index contributed by atoms with van der Waals surface area (Å²) in [5.74, 6) is 0.811.